The molecule has 1 fully saturated rings. The summed E-state index contributed by atoms with van der Waals surface area (Å²) in [6, 6.07) is 13.4. The number of aromatic nitrogens is 2. The Morgan fingerprint density at radius 3 is 2.58 bits per heavy atom. The van der Waals surface area contributed by atoms with Crippen molar-refractivity contribution in [1.29, 1.82) is 0 Å². The first kappa shape index (κ1) is 21.5. The monoisotopic (exact) mass is 459 g/mol. The lowest BCUT2D eigenvalue weighted by Gasteiger charge is -2.21. The summed E-state index contributed by atoms with van der Waals surface area (Å²) in [6.45, 7) is 2.43. The van der Waals surface area contributed by atoms with E-state index < -0.39 is 9.84 Å². The second-order valence-corrected chi connectivity index (χ2v) is 10.1. The summed E-state index contributed by atoms with van der Waals surface area (Å²) in [6.07, 6.45) is 1.39. The number of nitrogens with zero attached hydrogens (tertiary/aromatic N) is 3. The van der Waals surface area contributed by atoms with E-state index in [-0.39, 0.29) is 29.0 Å². The van der Waals surface area contributed by atoms with Gasteiger partial charge in [-0.15, -0.1) is 0 Å². The topological polar surface area (TPSA) is 93.4 Å². The molecule has 2 aromatic carbocycles. The third-order valence-electron chi connectivity index (χ3n) is 5.37. The molecule has 0 radical (unpaired) electrons. The Balaban J connectivity index is 1.44. The molecule has 0 saturated carbocycles. The van der Waals surface area contributed by atoms with Crippen molar-refractivity contribution in [2.45, 2.75) is 37.1 Å². The molecule has 0 bridgehead atoms. The van der Waals surface area contributed by atoms with Crippen LogP contribution in [0, 0.1) is 6.92 Å². The highest BCUT2D eigenvalue weighted by Gasteiger charge is 2.34. The second-order valence-electron chi connectivity index (χ2n) is 7.59. The zero-order valence-corrected chi connectivity index (χ0v) is 18.6. The lowest BCUT2D eigenvalue weighted by Crippen LogP contribution is -2.32. The smallest absolute Gasteiger partial charge is 0.249 e. The molecule has 0 N–H and O–H groups in total. The number of hydrogen-bond acceptors (Lipinski definition) is 6. The van der Waals surface area contributed by atoms with Gasteiger partial charge in [-0.25, -0.2) is 8.42 Å². The van der Waals surface area contributed by atoms with Crippen molar-refractivity contribution in [2.75, 3.05) is 12.3 Å². The largest absolute Gasteiger partial charge is 0.337 e. The van der Waals surface area contributed by atoms with E-state index in [1.165, 1.54) is 0 Å². The Morgan fingerprint density at radius 2 is 1.87 bits per heavy atom. The number of carbonyl (C=O) groups excluding carboxylic acids is 1. The summed E-state index contributed by atoms with van der Waals surface area (Å²) in [4.78, 5) is 19.2. The van der Waals surface area contributed by atoms with E-state index in [4.69, 9.17) is 16.1 Å². The molecule has 7 nitrogen and oxygen atoms in total. The SMILES string of the molecule is Cc1ccc(S(=O)(=O)CCC(=O)N2CCC[C@H]2c2nc(-c3ccc(Cl)cc3)no2)cc1. The first-order valence-corrected chi connectivity index (χ1v) is 12.0. The van der Waals surface area contributed by atoms with Gasteiger partial charge < -0.3 is 9.42 Å². The fourth-order valence-electron chi connectivity index (χ4n) is 3.64. The maximum Gasteiger partial charge on any atom is 0.249 e. The molecule has 1 aliphatic rings. The maximum absolute atomic E-state index is 12.8. The molecule has 3 aromatic rings. The van der Waals surface area contributed by atoms with Crippen molar-refractivity contribution in [3.63, 3.8) is 0 Å². The van der Waals surface area contributed by atoms with Crippen LogP contribution >= 0.6 is 11.6 Å². The number of halogens is 1. The van der Waals surface area contributed by atoms with E-state index in [1.54, 1.807) is 53.4 Å². The van der Waals surface area contributed by atoms with E-state index in [0.29, 0.717) is 29.7 Å². The van der Waals surface area contributed by atoms with E-state index in [2.05, 4.69) is 10.1 Å². The van der Waals surface area contributed by atoms with E-state index >= 15 is 0 Å². The Bertz CT molecular complexity index is 1170. The number of benzene rings is 2. The molecule has 4 rings (SSSR count). The average molecular weight is 460 g/mol. The molecule has 1 atom stereocenters. The number of likely N-dealkylation sites (tertiary alicyclic amines) is 1. The standard InChI is InChI=1S/C22H22ClN3O4S/c1-15-4-10-18(11-5-15)31(28,29)14-12-20(27)26-13-2-3-19(26)22-24-21(25-30-22)16-6-8-17(23)9-7-16/h4-11,19H,2-3,12-14H2,1H3/t19-/m0/s1. The fraction of sp³-hybridized carbons (Fsp3) is 0.318. The molecule has 0 unspecified atom stereocenters. The summed E-state index contributed by atoms with van der Waals surface area (Å²) in [5.74, 6) is 0.312. The van der Waals surface area contributed by atoms with E-state index in [0.717, 1.165) is 17.5 Å². The quantitative estimate of drug-likeness (QED) is 0.547. The molecule has 0 spiro atoms. The summed E-state index contributed by atoms with van der Waals surface area (Å²) in [7, 11) is -3.53. The number of carbonyl (C=O) groups is 1. The van der Waals surface area contributed by atoms with Gasteiger partial charge in [0, 0.05) is 23.6 Å². The Morgan fingerprint density at radius 1 is 1.16 bits per heavy atom. The summed E-state index contributed by atoms with van der Waals surface area (Å²) >= 11 is 5.92. The van der Waals surface area contributed by atoms with Crippen LogP contribution in [0.1, 0.15) is 36.8 Å². The van der Waals surface area contributed by atoms with Crippen LogP contribution in [0.3, 0.4) is 0 Å². The van der Waals surface area contributed by atoms with Gasteiger partial charge in [-0.2, -0.15) is 4.98 Å². The minimum atomic E-state index is -3.53. The van der Waals surface area contributed by atoms with Gasteiger partial charge in [-0.05, 0) is 56.2 Å². The molecule has 2 heterocycles. The normalized spacial score (nSPS) is 16.6. The van der Waals surface area contributed by atoms with Gasteiger partial charge in [0.1, 0.15) is 6.04 Å². The van der Waals surface area contributed by atoms with Gasteiger partial charge >= 0.3 is 0 Å². The molecule has 1 amide bonds. The molecule has 9 heteroatoms. The van der Waals surface area contributed by atoms with Crippen LogP contribution in [-0.2, 0) is 14.6 Å². The van der Waals surface area contributed by atoms with Gasteiger partial charge in [0.2, 0.25) is 17.6 Å². The zero-order chi connectivity index (χ0) is 22.0. The summed E-state index contributed by atoms with van der Waals surface area (Å²) in [5, 5.41) is 4.64. The first-order chi connectivity index (χ1) is 14.8. The second kappa shape index (κ2) is 8.80. The predicted molar refractivity (Wildman–Crippen MR) is 116 cm³/mol. The average Bonchev–Trinajstić information content (AvgIpc) is 3.42. The van der Waals surface area contributed by atoms with Gasteiger partial charge in [0.05, 0.1) is 10.6 Å². The lowest BCUT2D eigenvalue weighted by atomic mass is 10.2. The summed E-state index contributed by atoms with van der Waals surface area (Å²) in [5.41, 5.74) is 1.74. The molecule has 31 heavy (non-hydrogen) atoms. The van der Waals surface area contributed by atoms with Crippen molar-refractivity contribution in [1.82, 2.24) is 15.0 Å². The van der Waals surface area contributed by atoms with Crippen LogP contribution in [0.5, 0.6) is 0 Å². The van der Waals surface area contributed by atoms with Gasteiger partial charge in [-0.1, -0.05) is 34.5 Å². The number of rotatable bonds is 6. The van der Waals surface area contributed by atoms with Gasteiger partial charge in [0.25, 0.3) is 0 Å². The van der Waals surface area contributed by atoms with Crippen molar-refractivity contribution in [3.8, 4) is 11.4 Å². The third-order valence-corrected chi connectivity index (χ3v) is 7.35. The third kappa shape index (κ3) is 4.80. The van der Waals surface area contributed by atoms with Crippen molar-refractivity contribution in [2.24, 2.45) is 0 Å². The molecule has 1 aliphatic heterocycles. The van der Waals surface area contributed by atoms with Gasteiger partial charge in [0.15, 0.2) is 9.84 Å². The number of hydrogen-bond donors (Lipinski definition) is 0. The van der Waals surface area contributed by atoms with Crippen molar-refractivity contribution >= 4 is 27.3 Å². The van der Waals surface area contributed by atoms with Crippen LogP contribution < -0.4 is 0 Å². The minimum absolute atomic E-state index is 0.0924. The van der Waals surface area contributed by atoms with Crippen LogP contribution in [0.15, 0.2) is 57.9 Å². The molecular weight excluding hydrogens is 438 g/mol. The number of sulfone groups is 1. The van der Waals surface area contributed by atoms with Gasteiger partial charge in [-0.3, -0.25) is 4.79 Å². The fourth-order valence-corrected chi connectivity index (χ4v) is 4.99. The molecule has 0 aliphatic carbocycles. The van der Waals surface area contributed by atoms with E-state index in [9.17, 15) is 13.2 Å². The van der Waals surface area contributed by atoms with Crippen molar-refractivity contribution < 1.29 is 17.7 Å². The maximum atomic E-state index is 12.8. The predicted octanol–water partition coefficient (Wildman–Crippen LogP) is 4.23. The Hall–Kier alpha value is -2.71. The molecule has 1 aromatic heterocycles. The lowest BCUT2D eigenvalue weighted by molar-refractivity contribution is -0.132. The number of amides is 1. The highest BCUT2D eigenvalue weighted by atomic mass is 35.5. The van der Waals surface area contributed by atoms with Crippen molar-refractivity contribution in [3.05, 3.63) is 65.0 Å². The highest BCUT2D eigenvalue weighted by Crippen LogP contribution is 2.33. The zero-order valence-electron chi connectivity index (χ0n) is 17.0. The summed E-state index contributed by atoms with van der Waals surface area (Å²) < 4.78 is 30.6. The molecular formula is C22H22ClN3O4S. The first-order valence-electron chi connectivity index (χ1n) is 10.0. The van der Waals surface area contributed by atoms with Crippen LogP contribution in [0.2, 0.25) is 5.02 Å². The Kier molecular flexibility index (Phi) is 6.11. The number of aryl methyl sites for hydroxylation is 1. The Labute approximate surface area is 185 Å². The molecule has 1 saturated heterocycles. The van der Waals surface area contributed by atoms with Crippen LogP contribution in [0.25, 0.3) is 11.4 Å². The van der Waals surface area contributed by atoms with Crippen LogP contribution in [-0.4, -0.2) is 41.7 Å². The van der Waals surface area contributed by atoms with Crippen LogP contribution in [0.4, 0.5) is 0 Å². The van der Waals surface area contributed by atoms with E-state index in [1.807, 2.05) is 6.92 Å². The highest BCUT2D eigenvalue weighted by molar-refractivity contribution is 7.91. The molecule has 162 valence electrons. The minimum Gasteiger partial charge on any atom is -0.337 e.